The number of rotatable bonds is 7. The molecule has 1 fully saturated rings. The molecular formula is C25H26FN5O4S. The van der Waals surface area contributed by atoms with Crippen LogP contribution in [0.2, 0.25) is 0 Å². The number of halogens is 1. The number of aromatic nitrogens is 2. The van der Waals surface area contributed by atoms with Crippen LogP contribution in [-0.4, -0.2) is 54.6 Å². The largest absolute Gasteiger partial charge is 0.463 e. The summed E-state index contributed by atoms with van der Waals surface area (Å²) in [4.78, 5) is 24.4. The number of carbonyl (C=O) groups is 1. The Balaban J connectivity index is 1.71. The van der Waals surface area contributed by atoms with Crippen molar-refractivity contribution in [3.05, 3.63) is 70.2 Å². The van der Waals surface area contributed by atoms with Gasteiger partial charge in [0, 0.05) is 30.4 Å². The van der Waals surface area contributed by atoms with Crippen molar-refractivity contribution < 1.29 is 23.4 Å². The van der Waals surface area contributed by atoms with Crippen molar-refractivity contribution in [2.24, 2.45) is 5.73 Å². The number of morpholine rings is 1. The molecule has 11 heteroatoms. The van der Waals surface area contributed by atoms with Gasteiger partial charge in [-0.1, -0.05) is 30.0 Å². The second-order valence-electron chi connectivity index (χ2n) is 8.04. The Kier molecular flexibility index (Phi) is 8.07. The highest BCUT2D eigenvalue weighted by Crippen LogP contribution is 2.41. The number of anilines is 1. The fourth-order valence-corrected chi connectivity index (χ4v) is 4.89. The topological polar surface area (TPSA) is 124 Å². The van der Waals surface area contributed by atoms with Crippen LogP contribution >= 0.6 is 11.8 Å². The van der Waals surface area contributed by atoms with Gasteiger partial charge >= 0.3 is 5.97 Å². The maximum Gasteiger partial charge on any atom is 0.338 e. The molecule has 0 radical (unpaired) electrons. The Bertz CT molecular complexity index is 1250. The average Bonchev–Trinajstić information content (AvgIpc) is 2.87. The van der Waals surface area contributed by atoms with Crippen molar-refractivity contribution in [1.29, 1.82) is 5.26 Å². The molecule has 0 spiro atoms. The molecule has 1 aromatic carbocycles. The first kappa shape index (κ1) is 25.5. The normalized spacial score (nSPS) is 18.1. The minimum atomic E-state index is -1.07. The Morgan fingerprint density at radius 2 is 2.08 bits per heavy atom. The smallest absolute Gasteiger partial charge is 0.338 e. The molecule has 1 aromatic heterocycles. The van der Waals surface area contributed by atoms with Crippen LogP contribution < -0.4 is 10.6 Å². The van der Waals surface area contributed by atoms with Crippen molar-refractivity contribution >= 4 is 23.5 Å². The number of nitrogens with two attached hydrogens (primary N) is 1. The minimum absolute atomic E-state index is 0.0289. The molecule has 1 saturated heterocycles. The predicted molar refractivity (Wildman–Crippen MR) is 131 cm³/mol. The van der Waals surface area contributed by atoms with E-state index < -0.39 is 17.7 Å². The summed E-state index contributed by atoms with van der Waals surface area (Å²) in [7, 11) is 0. The molecule has 2 aromatic rings. The zero-order chi connectivity index (χ0) is 25.7. The molecule has 1 atom stereocenters. The van der Waals surface area contributed by atoms with Crippen LogP contribution in [-0.2, 0) is 19.0 Å². The van der Waals surface area contributed by atoms with E-state index in [0.717, 1.165) is 24.6 Å². The summed E-state index contributed by atoms with van der Waals surface area (Å²) in [5.41, 5.74) is 6.97. The van der Waals surface area contributed by atoms with E-state index in [2.05, 4.69) is 14.9 Å². The average molecular weight is 512 g/mol. The molecule has 36 heavy (non-hydrogen) atoms. The van der Waals surface area contributed by atoms with Crippen molar-refractivity contribution in [3.63, 3.8) is 0 Å². The van der Waals surface area contributed by atoms with E-state index >= 15 is 0 Å². The summed E-state index contributed by atoms with van der Waals surface area (Å²) in [6, 6.07) is 9.82. The highest BCUT2D eigenvalue weighted by Gasteiger charge is 2.39. The molecule has 4 rings (SSSR count). The Morgan fingerprint density at radius 3 is 2.78 bits per heavy atom. The van der Waals surface area contributed by atoms with Crippen molar-refractivity contribution in [2.45, 2.75) is 24.9 Å². The summed E-state index contributed by atoms with van der Waals surface area (Å²) in [5, 5.41) is 10.3. The van der Waals surface area contributed by atoms with E-state index in [-0.39, 0.29) is 40.7 Å². The van der Waals surface area contributed by atoms with E-state index in [9.17, 15) is 14.4 Å². The van der Waals surface area contributed by atoms with Gasteiger partial charge in [0.1, 0.15) is 29.0 Å². The van der Waals surface area contributed by atoms with Gasteiger partial charge in [0.05, 0.1) is 37.1 Å². The van der Waals surface area contributed by atoms with Crippen LogP contribution in [0.3, 0.4) is 0 Å². The highest BCUT2D eigenvalue weighted by atomic mass is 32.2. The first-order valence-electron chi connectivity index (χ1n) is 11.5. The third kappa shape index (κ3) is 5.45. The van der Waals surface area contributed by atoms with Crippen LogP contribution in [0.5, 0.6) is 0 Å². The summed E-state index contributed by atoms with van der Waals surface area (Å²) in [5.74, 6) is -1.47. The van der Waals surface area contributed by atoms with Crippen LogP contribution in [0.15, 0.2) is 58.3 Å². The standard InChI is InChI=1S/C25H26FN5O4S/c1-3-34-24(32)22-19(35-23(28)17(13-27)21(22)16-6-4-5-7-18(16)26)14-36-25-29-15(2)12-20(30-25)31-8-10-33-11-9-31/h4-7,12,21H,3,8-11,14,28H2,1-2H3/t21-/m1/s1. The van der Waals surface area contributed by atoms with Gasteiger partial charge in [-0.3, -0.25) is 0 Å². The molecule has 9 nitrogen and oxygen atoms in total. The van der Waals surface area contributed by atoms with Gasteiger partial charge in [0.25, 0.3) is 0 Å². The lowest BCUT2D eigenvalue weighted by atomic mass is 9.83. The van der Waals surface area contributed by atoms with Crippen molar-refractivity contribution in [3.8, 4) is 6.07 Å². The van der Waals surface area contributed by atoms with Gasteiger partial charge in [-0.2, -0.15) is 5.26 Å². The van der Waals surface area contributed by atoms with Gasteiger partial charge in [0.2, 0.25) is 5.88 Å². The number of thioether (sulfide) groups is 1. The fourth-order valence-electron chi connectivity index (χ4n) is 4.05. The molecule has 0 saturated carbocycles. The monoisotopic (exact) mass is 511 g/mol. The number of ether oxygens (including phenoxy) is 3. The third-order valence-electron chi connectivity index (χ3n) is 5.70. The van der Waals surface area contributed by atoms with E-state index in [0.29, 0.717) is 18.4 Å². The third-order valence-corrected chi connectivity index (χ3v) is 6.54. The SMILES string of the molecule is CCOC(=O)C1=C(CSc2nc(C)cc(N3CCOCC3)n2)OC(N)=C(C#N)[C@H]1c1ccccc1F. The number of allylic oxidation sites excluding steroid dienone is 1. The van der Waals surface area contributed by atoms with E-state index in [1.807, 2.05) is 19.1 Å². The summed E-state index contributed by atoms with van der Waals surface area (Å²) in [6.45, 7) is 6.34. The van der Waals surface area contributed by atoms with Gasteiger partial charge in [-0.15, -0.1) is 0 Å². The second-order valence-corrected chi connectivity index (χ2v) is 8.98. The molecule has 188 valence electrons. The van der Waals surface area contributed by atoms with Crippen molar-refractivity contribution in [1.82, 2.24) is 9.97 Å². The Labute approximate surface area is 212 Å². The molecule has 2 aliphatic rings. The number of hydrogen-bond acceptors (Lipinski definition) is 10. The number of nitrogens with zero attached hydrogens (tertiary/aromatic N) is 4. The van der Waals surface area contributed by atoms with Crippen LogP contribution in [0.25, 0.3) is 0 Å². The Hall–Kier alpha value is -3.62. The maximum atomic E-state index is 14.8. The van der Waals surface area contributed by atoms with Crippen LogP contribution in [0.1, 0.15) is 24.1 Å². The summed E-state index contributed by atoms with van der Waals surface area (Å²) < 4.78 is 31.3. The van der Waals surface area contributed by atoms with Crippen LogP contribution in [0.4, 0.5) is 10.2 Å². The first-order chi connectivity index (χ1) is 17.4. The number of benzene rings is 1. The minimum Gasteiger partial charge on any atom is -0.463 e. The van der Waals surface area contributed by atoms with Crippen molar-refractivity contribution in [2.75, 3.05) is 43.6 Å². The number of carbonyl (C=O) groups excluding carboxylic acids is 1. The molecule has 0 bridgehead atoms. The number of nitriles is 1. The second kappa shape index (κ2) is 11.4. The number of aryl methyl sites for hydroxylation is 1. The first-order valence-corrected chi connectivity index (χ1v) is 12.4. The maximum absolute atomic E-state index is 14.8. The number of hydrogen-bond donors (Lipinski definition) is 1. The molecular weight excluding hydrogens is 485 g/mol. The van der Waals surface area contributed by atoms with Gasteiger partial charge in [-0.05, 0) is 19.9 Å². The summed E-state index contributed by atoms with van der Waals surface area (Å²) in [6.07, 6.45) is 0. The van der Waals surface area contributed by atoms with E-state index in [4.69, 9.17) is 19.9 Å². The zero-order valence-electron chi connectivity index (χ0n) is 20.0. The van der Waals surface area contributed by atoms with Gasteiger partial charge in [0.15, 0.2) is 5.16 Å². The molecule has 0 amide bonds. The van der Waals surface area contributed by atoms with Crippen LogP contribution in [0, 0.1) is 24.1 Å². The summed E-state index contributed by atoms with van der Waals surface area (Å²) >= 11 is 1.25. The lowest BCUT2D eigenvalue weighted by molar-refractivity contribution is -0.139. The molecule has 0 aliphatic carbocycles. The predicted octanol–water partition coefficient (Wildman–Crippen LogP) is 3.18. The quantitative estimate of drug-likeness (QED) is 0.337. The van der Waals surface area contributed by atoms with E-state index in [1.54, 1.807) is 13.0 Å². The molecule has 3 heterocycles. The fraction of sp³-hybridized carbons (Fsp3) is 0.360. The molecule has 0 unspecified atom stereocenters. The molecule has 2 aliphatic heterocycles. The number of esters is 1. The Morgan fingerprint density at radius 1 is 1.33 bits per heavy atom. The van der Waals surface area contributed by atoms with Gasteiger partial charge < -0.3 is 24.8 Å². The zero-order valence-corrected chi connectivity index (χ0v) is 20.8. The lowest BCUT2D eigenvalue weighted by Gasteiger charge is -2.29. The molecule has 2 N–H and O–H groups in total. The van der Waals surface area contributed by atoms with Gasteiger partial charge in [-0.25, -0.2) is 19.2 Å². The highest BCUT2D eigenvalue weighted by molar-refractivity contribution is 7.99. The van der Waals surface area contributed by atoms with E-state index in [1.165, 1.54) is 30.0 Å². The lowest BCUT2D eigenvalue weighted by Crippen LogP contribution is -2.36.